The number of hydrogen-bond acceptors (Lipinski definition) is 5. The average Bonchev–Trinajstić information content (AvgIpc) is 3.32. The van der Waals surface area contributed by atoms with Crippen molar-refractivity contribution in [2.75, 3.05) is 26.7 Å². The van der Waals surface area contributed by atoms with Crippen molar-refractivity contribution in [2.24, 2.45) is 4.99 Å². The Morgan fingerprint density at radius 2 is 2.07 bits per heavy atom. The summed E-state index contributed by atoms with van der Waals surface area (Å²) in [6.45, 7) is 4.84. The molecule has 0 spiro atoms. The van der Waals surface area contributed by atoms with E-state index in [1.807, 2.05) is 0 Å². The van der Waals surface area contributed by atoms with Gasteiger partial charge in [0, 0.05) is 45.7 Å². The maximum atomic E-state index is 12.7. The third-order valence-corrected chi connectivity index (χ3v) is 4.95. The van der Waals surface area contributed by atoms with Crippen LogP contribution in [0.15, 0.2) is 33.8 Å². The van der Waals surface area contributed by atoms with Crippen molar-refractivity contribution < 1.29 is 17.7 Å². The quantitative estimate of drug-likeness (QED) is 0.404. The number of guanidine groups is 1. The van der Waals surface area contributed by atoms with E-state index in [4.69, 9.17) is 4.52 Å². The number of aliphatic imine (C=N–C) groups is 1. The van der Waals surface area contributed by atoms with E-state index in [-0.39, 0.29) is 6.04 Å². The third-order valence-electron chi connectivity index (χ3n) is 4.95. The first-order valence-corrected chi connectivity index (χ1v) is 9.98. The summed E-state index contributed by atoms with van der Waals surface area (Å²) in [5, 5.41) is 10.5. The van der Waals surface area contributed by atoms with Gasteiger partial charge >= 0.3 is 6.18 Å². The largest absolute Gasteiger partial charge is 0.416 e. The smallest absolute Gasteiger partial charge is 0.356 e. The summed E-state index contributed by atoms with van der Waals surface area (Å²) >= 11 is 0. The molecular formula is C20H27F3N6O. The number of aryl methyl sites for hydroxylation is 2. The van der Waals surface area contributed by atoms with E-state index in [1.165, 1.54) is 0 Å². The minimum atomic E-state index is -4.30. The number of alkyl halides is 3. The summed E-state index contributed by atoms with van der Waals surface area (Å²) < 4.78 is 43.1. The van der Waals surface area contributed by atoms with E-state index in [1.54, 1.807) is 26.1 Å². The van der Waals surface area contributed by atoms with Crippen LogP contribution in [-0.2, 0) is 19.1 Å². The molecule has 2 N–H and O–H groups in total. The Bertz CT molecular complexity index is 834. The van der Waals surface area contributed by atoms with Gasteiger partial charge in [0.15, 0.2) is 11.8 Å². The molecule has 30 heavy (non-hydrogen) atoms. The molecule has 1 aromatic carbocycles. The zero-order valence-corrected chi connectivity index (χ0v) is 17.2. The maximum absolute atomic E-state index is 12.7. The van der Waals surface area contributed by atoms with Gasteiger partial charge < -0.3 is 15.2 Å². The van der Waals surface area contributed by atoms with Crippen molar-refractivity contribution >= 4 is 5.96 Å². The Kier molecular flexibility index (Phi) is 7.30. The molecule has 1 aliphatic heterocycles. The second-order valence-corrected chi connectivity index (χ2v) is 7.40. The highest BCUT2D eigenvalue weighted by Crippen LogP contribution is 2.29. The van der Waals surface area contributed by atoms with Crippen LogP contribution in [0.2, 0.25) is 0 Å². The summed E-state index contributed by atoms with van der Waals surface area (Å²) in [4.78, 5) is 10.7. The van der Waals surface area contributed by atoms with Crippen LogP contribution in [0.1, 0.15) is 35.7 Å². The van der Waals surface area contributed by atoms with Crippen molar-refractivity contribution in [3.63, 3.8) is 0 Å². The highest BCUT2D eigenvalue weighted by molar-refractivity contribution is 5.79. The lowest BCUT2D eigenvalue weighted by Crippen LogP contribution is -2.44. The molecule has 0 amide bonds. The SMILES string of the molecule is CN=C(NCCCc1nc(C)no1)NC1CCN(Cc2ccc(C(F)(F)F)cc2)C1. The highest BCUT2D eigenvalue weighted by Gasteiger charge is 2.30. The molecule has 10 heteroatoms. The normalized spacial score (nSPS) is 18.0. The summed E-state index contributed by atoms with van der Waals surface area (Å²) in [6, 6.07) is 5.62. The van der Waals surface area contributed by atoms with Crippen molar-refractivity contribution in [1.82, 2.24) is 25.7 Å². The molecule has 2 heterocycles. The molecule has 1 unspecified atom stereocenters. The molecule has 2 aromatic rings. The molecule has 7 nitrogen and oxygen atoms in total. The highest BCUT2D eigenvalue weighted by atomic mass is 19.4. The number of rotatable bonds is 7. The molecule has 1 aliphatic rings. The number of benzene rings is 1. The van der Waals surface area contributed by atoms with E-state index < -0.39 is 11.7 Å². The van der Waals surface area contributed by atoms with Crippen molar-refractivity contribution in [3.8, 4) is 0 Å². The third kappa shape index (κ3) is 6.45. The molecule has 3 rings (SSSR count). The van der Waals surface area contributed by atoms with Crippen molar-refractivity contribution in [2.45, 2.75) is 44.9 Å². The standard InChI is InChI=1S/C20H27F3N6O/c1-14-26-18(30-28-14)4-3-10-25-19(24-2)27-17-9-11-29(13-17)12-15-5-7-16(8-6-15)20(21,22)23/h5-8,17H,3-4,9-13H2,1-2H3,(H2,24,25,27). The van der Waals surface area contributed by atoms with Crippen LogP contribution in [0.3, 0.4) is 0 Å². The molecule has 0 radical (unpaired) electrons. The number of likely N-dealkylation sites (tertiary alicyclic amines) is 1. The number of aromatic nitrogens is 2. The van der Waals surface area contributed by atoms with Crippen molar-refractivity contribution in [3.05, 3.63) is 47.1 Å². The molecular weight excluding hydrogens is 397 g/mol. The fourth-order valence-corrected chi connectivity index (χ4v) is 3.43. The van der Waals surface area contributed by atoms with E-state index in [0.717, 1.165) is 56.1 Å². The fourth-order valence-electron chi connectivity index (χ4n) is 3.43. The first-order valence-electron chi connectivity index (χ1n) is 9.98. The van der Waals surface area contributed by atoms with Gasteiger partial charge in [-0.3, -0.25) is 9.89 Å². The second-order valence-electron chi connectivity index (χ2n) is 7.40. The molecule has 1 saturated heterocycles. The predicted molar refractivity (Wildman–Crippen MR) is 107 cm³/mol. The number of hydrogen-bond donors (Lipinski definition) is 2. The zero-order valence-electron chi connectivity index (χ0n) is 17.2. The van der Waals surface area contributed by atoms with Gasteiger partial charge in [0.2, 0.25) is 5.89 Å². The van der Waals surface area contributed by atoms with Crippen LogP contribution in [0.25, 0.3) is 0 Å². The van der Waals surface area contributed by atoms with Crippen LogP contribution >= 0.6 is 0 Å². The van der Waals surface area contributed by atoms with Crippen molar-refractivity contribution in [1.29, 1.82) is 0 Å². The van der Waals surface area contributed by atoms with E-state index in [2.05, 4.69) is 30.7 Å². The molecule has 1 aromatic heterocycles. The summed E-state index contributed by atoms with van der Waals surface area (Å²) in [7, 11) is 1.73. The van der Waals surface area contributed by atoms with Gasteiger partial charge in [-0.25, -0.2) is 0 Å². The number of halogens is 3. The summed E-state index contributed by atoms with van der Waals surface area (Å²) in [5.74, 6) is 2.00. The summed E-state index contributed by atoms with van der Waals surface area (Å²) in [6.07, 6.45) is -1.81. The Balaban J connectivity index is 1.38. The fraction of sp³-hybridized carbons (Fsp3) is 0.550. The Morgan fingerprint density at radius 1 is 1.30 bits per heavy atom. The Morgan fingerprint density at radius 3 is 2.70 bits per heavy atom. The lowest BCUT2D eigenvalue weighted by molar-refractivity contribution is -0.137. The lowest BCUT2D eigenvalue weighted by atomic mass is 10.1. The summed E-state index contributed by atoms with van der Waals surface area (Å²) in [5.41, 5.74) is 0.263. The lowest BCUT2D eigenvalue weighted by Gasteiger charge is -2.19. The van der Waals surface area contributed by atoms with Gasteiger partial charge in [0.1, 0.15) is 0 Å². The van der Waals surface area contributed by atoms with Gasteiger partial charge in [0.05, 0.1) is 5.56 Å². The molecule has 0 bridgehead atoms. The monoisotopic (exact) mass is 424 g/mol. The first kappa shape index (κ1) is 22.1. The molecule has 0 aliphatic carbocycles. The van der Waals surface area contributed by atoms with Gasteiger partial charge in [0.25, 0.3) is 0 Å². The van der Waals surface area contributed by atoms with E-state index >= 15 is 0 Å². The minimum absolute atomic E-state index is 0.240. The van der Waals surface area contributed by atoms with Gasteiger partial charge in [-0.1, -0.05) is 17.3 Å². The molecule has 1 fully saturated rings. The second kappa shape index (κ2) is 9.92. The van der Waals surface area contributed by atoms with Crippen LogP contribution in [0.5, 0.6) is 0 Å². The number of nitrogens with one attached hydrogen (secondary N) is 2. The minimum Gasteiger partial charge on any atom is -0.356 e. The van der Waals surface area contributed by atoms with Gasteiger partial charge in [-0.2, -0.15) is 18.2 Å². The van der Waals surface area contributed by atoms with Crippen LogP contribution in [-0.4, -0.2) is 53.7 Å². The van der Waals surface area contributed by atoms with Crippen LogP contribution in [0, 0.1) is 6.92 Å². The van der Waals surface area contributed by atoms with E-state index in [0.29, 0.717) is 24.7 Å². The predicted octanol–water partition coefficient (Wildman–Crippen LogP) is 2.77. The molecule has 1 atom stereocenters. The first-order chi connectivity index (χ1) is 14.3. The molecule has 0 saturated carbocycles. The Hall–Kier alpha value is -2.62. The van der Waals surface area contributed by atoms with Gasteiger partial charge in [-0.15, -0.1) is 0 Å². The maximum Gasteiger partial charge on any atom is 0.416 e. The van der Waals surface area contributed by atoms with Crippen LogP contribution < -0.4 is 10.6 Å². The Labute approximate surface area is 173 Å². The number of nitrogens with zero attached hydrogens (tertiary/aromatic N) is 4. The topological polar surface area (TPSA) is 78.6 Å². The average molecular weight is 424 g/mol. The zero-order chi connectivity index (χ0) is 21.6. The molecule has 164 valence electrons. The van der Waals surface area contributed by atoms with Crippen LogP contribution in [0.4, 0.5) is 13.2 Å². The van der Waals surface area contributed by atoms with E-state index in [9.17, 15) is 13.2 Å². The van der Waals surface area contributed by atoms with Gasteiger partial charge in [-0.05, 0) is 37.5 Å².